The number of aliphatic imine (C=N–C) groups is 1. The molecule has 0 atom stereocenters. The largest absolute Gasteiger partial charge is 0.271 e. The minimum Gasteiger partial charge on any atom is -0.271 e. The van der Waals surface area contributed by atoms with Crippen molar-refractivity contribution in [2.24, 2.45) is 4.99 Å². The lowest BCUT2D eigenvalue weighted by Gasteiger charge is -2.26. The van der Waals surface area contributed by atoms with E-state index in [1.807, 2.05) is 30.6 Å². The zero-order valence-corrected chi connectivity index (χ0v) is 13.8. The summed E-state index contributed by atoms with van der Waals surface area (Å²) in [6.07, 6.45) is 3.78. The highest BCUT2D eigenvalue weighted by atomic mass is 32.2. The number of nitriles is 1. The van der Waals surface area contributed by atoms with Crippen LogP contribution < -0.4 is 5.32 Å². The highest BCUT2D eigenvalue weighted by Gasteiger charge is 2.22. The van der Waals surface area contributed by atoms with Gasteiger partial charge in [-0.3, -0.25) is 5.32 Å². The summed E-state index contributed by atoms with van der Waals surface area (Å²) < 4.78 is 0. The van der Waals surface area contributed by atoms with Crippen LogP contribution in [0.25, 0.3) is 0 Å². The third kappa shape index (κ3) is 3.69. The molecule has 0 spiro atoms. The summed E-state index contributed by atoms with van der Waals surface area (Å²) in [4.78, 5) is 4.41. The van der Waals surface area contributed by atoms with Crippen molar-refractivity contribution in [2.75, 3.05) is 6.26 Å². The number of hydrogen-bond donors (Lipinski definition) is 1. The molecule has 0 unspecified atom stereocenters. The summed E-state index contributed by atoms with van der Waals surface area (Å²) in [6, 6.07) is 18.6. The van der Waals surface area contributed by atoms with Gasteiger partial charge in [-0.2, -0.15) is 5.26 Å². The summed E-state index contributed by atoms with van der Waals surface area (Å²) in [5.74, 6) is 0. The molecule has 0 bridgehead atoms. The fourth-order valence-electron chi connectivity index (χ4n) is 2.26. The lowest BCUT2D eigenvalue weighted by Crippen LogP contribution is -2.18. The van der Waals surface area contributed by atoms with Crippen LogP contribution in [0.5, 0.6) is 0 Å². The molecule has 0 saturated carbocycles. The van der Waals surface area contributed by atoms with Crippen LogP contribution in [0.1, 0.15) is 25.0 Å². The van der Waals surface area contributed by atoms with Crippen molar-refractivity contribution in [1.29, 1.82) is 5.26 Å². The Bertz CT molecular complexity index is 683. The maximum absolute atomic E-state index is 8.67. The summed E-state index contributed by atoms with van der Waals surface area (Å²) in [6.45, 7) is 4.43. The van der Waals surface area contributed by atoms with Crippen LogP contribution in [-0.2, 0) is 5.41 Å². The quantitative estimate of drug-likeness (QED) is 0.395. The lowest BCUT2D eigenvalue weighted by atomic mass is 9.78. The van der Waals surface area contributed by atoms with Crippen LogP contribution >= 0.6 is 11.8 Å². The van der Waals surface area contributed by atoms with Crippen LogP contribution in [-0.4, -0.2) is 11.4 Å². The topological polar surface area (TPSA) is 48.2 Å². The van der Waals surface area contributed by atoms with Gasteiger partial charge in [0.1, 0.15) is 0 Å². The van der Waals surface area contributed by atoms with Gasteiger partial charge in [-0.1, -0.05) is 68.1 Å². The van der Waals surface area contributed by atoms with E-state index in [4.69, 9.17) is 5.26 Å². The molecular weight excluding hydrogens is 290 g/mol. The second-order valence-electron chi connectivity index (χ2n) is 5.40. The molecule has 1 N–H and O–H groups in total. The van der Waals surface area contributed by atoms with E-state index in [0.29, 0.717) is 5.17 Å². The van der Waals surface area contributed by atoms with Crippen molar-refractivity contribution < 1.29 is 0 Å². The highest BCUT2D eigenvalue weighted by Crippen LogP contribution is 2.32. The predicted molar refractivity (Wildman–Crippen MR) is 94.4 cm³/mol. The first-order valence-electron chi connectivity index (χ1n) is 7.02. The highest BCUT2D eigenvalue weighted by molar-refractivity contribution is 8.13. The molecule has 4 heteroatoms. The molecule has 2 aromatic carbocycles. The van der Waals surface area contributed by atoms with E-state index >= 15 is 0 Å². The Morgan fingerprint density at radius 1 is 1.05 bits per heavy atom. The molecule has 0 aromatic heterocycles. The van der Waals surface area contributed by atoms with Gasteiger partial charge in [0.2, 0.25) is 0 Å². The van der Waals surface area contributed by atoms with Crippen LogP contribution in [0.3, 0.4) is 0 Å². The Morgan fingerprint density at radius 2 is 1.64 bits per heavy atom. The van der Waals surface area contributed by atoms with Gasteiger partial charge >= 0.3 is 0 Å². The number of nitrogens with one attached hydrogen (secondary N) is 1. The summed E-state index contributed by atoms with van der Waals surface area (Å²) in [7, 11) is 0. The third-order valence-electron chi connectivity index (χ3n) is 3.67. The van der Waals surface area contributed by atoms with Gasteiger partial charge in [-0.25, -0.2) is 4.99 Å². The molecule has 2 rings (SSSR count). The Hall–Kier alpha value is -2.25. The summed E-state index contributed by atoms with van der Waals surface area (Å²) >= 11 is 1.41. The fraction of sp³-hybridized carbons (Fsp3) is 0.222. The molecule has 2 aromatic rings. The Kier molecular flexibility index (Phi) is 5.24. The minimum atomic E-state index is -0.0588. The average molecular weight is 309 g/mol. The molecule has 0 aliphatic heterocycles. The Morgan fingerprint density at radius 3 is 2.18 bits per heavy atom. The van der Waals surface area contributed by atoms with Gasteiger partial charge in [0.25, 0.3) is 0 Å². The number of thioether (sulfide) groups is 1. The maximum Gasteiger partial charge on any atom is 0.183 e. The molecular formula is C18H19N3S. The molecule has 0 saturated heterocycles. The molecule has 3 nitrogen and oxygen atoms in total. The molecule has 0 radical (unpaired) electrons. The monoisotopic (exact) mass is 309 g/mol. The molecule has 0 aliphatic carbocycles. The number of benzene rings is 2. The van der Waals surface area contributed by atoms with Crippen LogP contribution in [0, 0.1) is 11.5 Å². The molecule has 0 heterocycles. The first-order chi connectivity index (χ1) is 10.6. The SMILES string of the molecule is CSC(=Nc1ccc(C(C)(C)c2ccccc2)cc1)NC#N. The van der Waals surface area contributed by atoms with Gasteiger partial charge in [0, 0.05) is 5.41 Å². The second kappa shape index (κ2) is 7.15. The Labute approximate surface area is 136 Å². The molecule has 22 heavy (non-hydrogen) atoms. The first-order valence-corrected chi connectivity index (χ1v) is 8.24. The Balaban J connectivity index is 2.27. The van der Waals surface area contributed by atoms with Crippen LogP contribution in [0.4, 0.5) is 5.69 Å². The minimum absolute atomic E-state index is 0.0588. The average Bonchev–Trinajstić information content (AvgIpc) is 2.55. The molecule has 0 fully saturated rings. The number of nitrogens with zero attached hydrogens (tertiary/aromatic N) is 2. The smallest absolute Gasteiger partial charge is 0.183 e. The van der Waals surface area contributed by atoms with Gasteiger partial charge in [-0.15, -0.1) is 0 Å². The fourth-order valence-corrected chi connectivity index (χ4v) is 2.61. The van der Waals surface area contributed by atoms with Crippen molar-refractivity contribution >= 4 is 22.6 Å². The normalized spacial score (nSPS) is 11.8. The van der Waals surface area contributed by atoms with E-state index < -0.39 is 0 Å². The standard InChI is InChI=1S/C18H19N3S/c1-18(2,14-7-5-4-6-8-14)15-9-11-16(12-10-15)21-17(22-3)20-13-19/h4-12H,1-3H3,(H,20,21). The maximum atomic E-state index is 8.67. The molecule has 0 aliphatic rings. The van der Waals surface area contributed by atoms with E-state index in [0.717, 1.165) is 5.69 Å². The van der Waals surface area contributed by atoms with Gasteiger partial charge in [0.05, 0.1) is 5.69 Å². The first kappa shape index (κ1) is 16.1. The van der Waals surface area contributed by atoms with E-state index in [-0.39, 0.29) is 5.41 Å². The van der Waals surface area contributed by atoms with Gasteiger partial charge < -0.3 is 0 Å². The van der Waals surface area contributed by atoms with Crippen molar-refractivity contribution in [2.45, 2.75) is 19.3 Å². The molecule has 112 valence electrons. The van der Waals surface area contributed by atoms with E-state index in [9.17, 15) is 0 Å². The third-order valence-corrected chi connectivity index (χ3v) is 4.25. The van der Waals surface area contributed by atoms with E-state index in [1.165, 1.54) is 22.9 Å². The van der Waals surface area contributed by atoms with Crippen molar-refractivity contribution in [1.82, 2.24) is 5.32 Å². The zero-order valence-electron chi connectivity index (χ0n) is 13.0. The second-order valence-corrected chi connectivity index (χ2v) is 6.19. The lowest BCUT2D eigenvalue weighted by molar-refractivity contribution is 0.641. The summed E-state index contributed by atoms with van der Waals surface area (Å²) in [5.41, 5.74) is 3.29. The summed E-state index contributed by atoms with van der Waals surface area (Å²) in [5, 5.41) is 11.8. The number of hydrogen-bond acceptors (Lipinski definition) is 3. The molecule has 0 amide bonds. The number of rotatable bonds is 3. The van der Waals surface area contributed by atoms with Crippen molar-refractivity contribution in [3.05, 3.63) is 65.7 Å². The predicted octanol–water partition coefficient (Wildman–Crippen LogP) is 4.43. The van der Waals surface area contributed by atoms with Gasteiger partial charge in [0.15, 0.2) is 11.4 Å². The van der Waals surface area contributed by atoms with Crippen molar-refractivity contribution in [3.8, 4) is 6.19 Å². The van der Waals surface area contributed by atoms with E-state index in [1.54, 1.807) is 0 Å². The van der Waals surface area contributed by atoms with E-state index in [2.05, 4.69) is 60.6 Å². The number of amidine groups is 1. The van der Waals surface area contributed by atoms with Crippen LogP contribution in [0.15, 0.2) is 59.6 Å². The van der Waals surface area contributed by atoms with Gasteiger partial charge in [-0.05, 0) is 29.5 Å². The van der Waals surface area contributed by atoms with Crippen LogP contribution in [0.2, 0.25) is 0 Å². The zero-order chi connectivity index (χ0) is 16.0. The van der Waals surface area contributed by atoms with Crippen molar-refractivity contribution in [3.63, 3.8) is 0 Å².